The van der Waals surface area contributed by atoms with Crippen molar-refractivity contribution in [2.45, 2.75) is 12.8 Å². The van der Waals surface area contributed by atoms with Gasteiger partial charge in [-0.05, 0) is 22.6 Å². The van der Waals surface area contributed by atoms with E-state index in [4.69, 9.17) is 11.0 Å². The zero-order valence-corrected chi connectivity index (χ0v) is 9.12. The van der Waals surface area contributed by atoms with Gasteiger partial charge in [-0.15, -0.1) is 0 Å². The summed E-state index contributed by atoms with van der Waals surface area (Å²) in [6.45, 7) is 0. The lowest BCUT2D eigenvalue weighted by Crippen LogP contribution is -2.04. The van der Waals surface area contributed by atoms with Gasteiger partial charge in [-0.25, -0.2) is 8.78 Å². The number of nitrogens with two attached hydrogens (primary N) is 1. The van der Waals surface area contributed by atoms with Crippen molar-refractivity contribution in [3.8, 4) is 6.07 Å². The van der Waals surface area contributed by atoms with Crippen molar-refractivity contribution >= 4 is 28.3 Å². The summed E-state index contributed by atoms with van der Waals surface area (Å²) in [5.74, 6) is 0. The summed E-state index contributed by atoms with van der Waals surface area (Å²) in [7, 11) is 0. The summed E-state index contributed by atoms with van der Waals surface area (Å²) in [4.78, 5) is 3.82. The van der Waals surface area contributed by atoms with Crippen LogP contribution in [0.15, 0.2) is 6.20 Å². The molecule has 74 valence electrons. The highest BCUT2D eigenvalue weighted by Gasteiger charge is 2.18. The first-order valence-electron chi connectivity index (χ1n) is 3.65. The third-order valence-electron chi connectivity index (χ3n) is 1.63. The maximum Gasteiger partial charge on any atom is 0.266 e. The third-order valence-corrected chi connectivity index (χ3v) is 2.83. The average molecular weight is 309 g/mol. The molecule has 1 aromatic rings. The molecule has 0 fully saturated rings. The molecule has 0 aromatic carbocycles. The second-order valence-electron chi connectivity index (χ2n) is 2.52. The molecule has 0 aliphatic rings. The van der Waals surface area contributed by atoms with Crippen LogP contribution in [0.1, 0.15) is 17.7 Å². The van der Waals surface area contributed by atoms with Crippen molar-refractivity contribution in [3.63, 3.8) is 0 Å². The summed E-state index contributed by atoms with van der Waals surface area (Å²) in [5.41, 5.74) is 5.44. The quantitative estimate of drug-likeness (QED) is 0.853. The van der Waals surface area contributed by atoms with Crippen molar-refractivity contribution in [1.29, 1.82) is 5.26 Å². The fourth-order valence-corrected chi connectivity index (χ4v) is 1.85. The Balaban J connectivity index is 3.28. The van der Waals surface area contributed by atoms with Crippen molar-refractivity contribution in [2.75, 3.05) is 5.73 Å². The van der Waals surface area contributed by atoms with Gasteiger partial charge in [0.05, 0.1) is 35.6 Å². The van der Waals surface area contributed by atoms with E-state index in [1.165, 1.54) is 0 Å². The number of anilines is 1. The second-order valence-corrected chi connectivity index (χ2v) is 3.60. The van der Waals surface area contributed by atoms with Gasteiger partial charge < -0.3 is 5.73 Å². The van der Waals surface area contributed by atoms with Gasteiger partial charge in [-0.2, -0.15) is 5.26 Å². The van der Waals surface area contributed by atoms with E-state index in [0.717, 1.165) is 6.20 Å². The zero-order valence-electron chi connectivity index (χ0n) is 6.97. The summed E-state index contributed by atoms with van der Waals surface area (Å²) < 4.78 is 25.3. The summed E-state index contributed by atoms with van der Waals surface area (Å²) in [5, 5.41) is 8.43. The lowest BCUT2D eigenvalue weighted by Gasteiger charge is -2.09. The number of hydrogen-bond acceptors (Lipinski definition) is 3. The van der Waals surface area contributed by atoms with Crippen LogP contribution in [-0.4, -0.2) is 4.98 Å². The monoisotopic (exact) mass is 309 g/mol. The molecule has 3 nitrogen and oxygen atoms in total. The molecule has 0 atom stereocenters. The summed E-state index contributed by atoms with van der Waals surface area (Å²) in [6, 6.07) is 1.86. The topological polar surface area (TPSA) is 62.7 Å². The predicted molar refractivity (Wildman–Crippen MR) is 55.6 cm³/mol. The highest BCUT2D eigenvalue weighted by molar-refractivity contribution is 14.1. The molecule has 0 bridgehead atoms. The largest absolute Gasteiger partial charge is 0.397 e. The minimum atomic E-state index is -2.64. The number of nitrogens with zero attached hydrogens (tertiary/aromatic N) is 2. The Hall–Kier alpha value is -0.970. The first-order valence-corrected chi connectivity index (χ1v) is 4.73. The molecule has 0 unspecified atom stereocenters. The molecule has 1 rings (SSSR count). The van der Waals surface area contributed by atoms with E-state index in [9.17, 15) is 8.78 Å². The number of halogens is 3. The lowest BCUT2D eigenvalue weighted by molar-refractivity contribution is 0.151. The van der Waals surface area contributed by atoms with E-state index < -0.39 is 6.43 Å². The molecule has 2 N–H and O–H groups in total. The van der Waals surface area contributed by atoms with E-state index in [-0.39, 0.29) is 21.2 Å². The van der Waals surface area contributed by atoms with Gasteiger partial charge in [0, 0.05) is 3.57 Å². The molecule has 0 saturated heterocycles. The number of hydrogen-bond donors (Lipinski definition) is 1. The van der Waals surface area contributed by atoms with Gasteiger partial charge in [-0.3, -0.25) is 4.98 Å². The summed E-state index contributed by atoms with van der Waals surface area (Å²) in [6.07, 6.45) is -1.46. The maximum absolute atomic E-state index is 12.5. The number of nitriles is 1. The molecule has 0 spiro atoms. The van der Waals surface area contributed by atoms with Gasteiger partial charge >= 0.3 is 0 Å². The van der Waals surface area contributed by atoms with Crippen LogP contribution >= 0.6 is 22.6 Å². The minimum Gasteiger partial charge on any atom is -0.397 e. The van der Waals surface area contributed by atoms with E-state index in [1.54, 1.807) is 22.6 Å². The van der Waals surface area contributed by atoms with E-state index >= 15 is 0 Å². The fourth-order valence-electron chi connectivity index (χ4n) is 0.976. The van der Waals surface area contributed by atoms with Crippen LogP contribution in [-0.2, 0) is 6.42 Å². The van der Waals surface area contributed by atoms with E-state index in [1.807, 2.05) is 6.07 Å². The van der Waals surface area contributed by atoms with Crippen molar-refractivity contribution in [1.82, 2.24) is 4.98 Å². The van der Waals surface area contributed by atoms with Gasteiger partial charge in [0.25, 0.3) is 6.43 Å². The molecule has 0 amide bonds. The van der Waals surface area contributed by atoms with Crippen molar-refractivity contribution in [3.05, 3.63) is 21.0 Å². The Morgan fingerprint density at radius 2 is 2.29 bits per heavy atom. The number of pyridine rings is 1. The van der Waals surface area contributed by atoms with Crippen molar-refractivity contribution < 1.29 is 8.78 Å². The highest BCUT2D eigenvalue weighted by atomic mass is 127. The smallest absolute Gasteiger partial charge is 0.266 e. The third kappa shape index (κ3) is 2.09. The van der Waals surface area contributed by atoms with E-state index in [0.29, 0.717) is 5.69 Å². The highest BCUT2D eigenvalue weighted by Crippen LogP contribution is 2.30. The molecule has 1 heterocycles. The molecule has 14 heavy (non-hydrogen) atoms. The zero-order chi connectivity index (χ0) is 10.7. The summed E-state index contributed by atoms with van der Waals surface area (Å²) >= 11 is 1.73. The average Bonchev–Trinajstić information content (AvgIpc) is 2.10. The second kappa shape index (κ2) is 4.50. The van der Waals surface area contributed by atoms with Crippen LogP contribution in [0.4, 0.5) is 14.5 Å². The number of alkyl halides is 2. The molecule has 1 aromatic heterocycles. The number of rotatable bonds is 2. The maximum atomic E-state index is 12.5. The Morgan fingerprint density at radius 3 is 2.79 bits per heavy atom. The molecular weight excluding hydrogens is 303 g/mol. The van der Waals surface area contributed by atoms with E-state index in [2.05, 4.69) is 4.98 Å². The van der Waals surface area contributed by atoms with Crippen LogP contribution in [0.25, 0.3) is 0 Å². The van der Waals surface area contributed by atoms with Crippen LogP contribution in [0.2, 0.25) is 0 Å². The van der Waals surface area contributed by atoms with Crippen LogP contribution in [0.3, 0.4) is 0 Å². The van der Waals surface area contributed by atoms with Crippen LogP contribution in [0, 0.1) is 14.9 Å². The molecule has 0 radical (unpaired) electrons. The SMILES string of the molecule is N#CCc1ncc(N)c(C(F)F)c1I. The fraction of sp³-hybridized carbons (Fsp3) is 0.250. The first-order chi connectivity index (χ1) is 6.57. The first kappa shape index (κ1) is 11.1. The Morgan fingerprint density at radius 1 is 1.64 bits per heavy atom. The Kier molecular flexibility index (Phi) is 3.57. The Bertz CT molecular complexity index is 387. The van der Waals surface area contributed by atoms with Gasteiger partial charge in [0.2, 0.25) is 0 Å². The molecular formula is C8H6F2IN3. The molecule has 0 aliphatic heterocycles. The molecule has 0 saturated carbocycles. The molecule has 0 aliphatic carbocycles. The predicted octanol–water partition coefficient (Wildman–Crippen LogP) is 2.27. The van der Waals surface area contributed by atoms with Crippen LogP contribution in [0.5, 0.6) is 0 Å². The number of nitrogen functional groups attached to an aromatic ring is 1. The Labute approximate surface area is 93.1 Å². The molecule has 6 heteroatoms. The van der Waals surface area contributed by atoms with Gasteiger partial charge in [-0.1, -0.05) is 0 Å². The van der Waals surface area contributed by atoms with Crippen molar-refractivity contribution in [2.24, 2.45) is 0 Å². The minimum absolute atomic E-state index is 0.0122. The standard InChI is InChI=1S/C8H6F2IN3/c9-8(10)6-4(13)3-14-5(1-2-12)7(6)11/h3,8H,1,13H2. The lowest BCUT2D eigenvalue weighted by atomic mass is 10.2. The number of aromatic nitrogens is 1. The van der Waals surface area contributed by atoms with Crippen LogP contribution < -0.4 is 5.73 Å². The normalized spacial score (nSPS) is 10.2. The van der Waals surface area contributed by atoms with Gasteiger partial charge in [0.15, 0.2) is 0 Å². The van der Waals surface area contributed by atoms with Gasteiger partial charge in [0.1, 0.15) is 0 Å².